The molecule has 5 nitrogen and oxygen atoms in total. The highest BCUT2D eigenvalue weighted by Crippen LogP contribution is 2.23. The molecule has 0 spiro atoms. The molecule has 1 aliphatic heterocycles. The van der Waals surface area contributed by atoms with Crippen LogP contribution in [0.2, 0.25) is 0 Å². The van der Waals surface area contributed by atoms with Crippen molar-refractivity contribution in [2.45, 2.75) is 33.2 Å². The molecule has 21 heavy (non-hydrogen) atoms. The number of ether oxygens (including phenoxy) is 1. The van der Waals surface area contributed by atoms with Gasteiger partial charge in [0.25, 0.3) is 5.91 Å². The standard InChI is InChI=1S/C15H21NO4S/c1-4-20-14-8-10(2)13(7-11(14)3)15(17)16-12-5-6-21(18,19)9-12/h7-8,12H,4-6,9H2,1-3H3,(H,16,17). The Labute approximate surface area is 125 Å². The number of carbonyl (C=O) groups excluding carboxylic acids is 1. The molecule has 2 rings (SSSR count). The molecular formula is C15H21NO4S. The molecule has 0 radical (unpaired) electrons. The van der Waals surface area contributed by atoms with Gasteiger partial charge < -0.3 is 10.1 Å². The van der Waals surface area contributed by atoms with E-state index in [4.69, 9.17) is 4.74 Å². The van der Waals surface area contributed by atoms with Crippen LogP contribution < -0.4 is 10.1 Å². The van der Waals surface area contributed by atoms with Gasteiger partial charge in [-0.25, -0.2) is 8.42 Å². The number of hydrogen-bond donors (Lipinski definition) is 1. The summed E-state index contributed by atoms with van der Waals surface area (Å²) in [5.41, 5.74) is 2.29. The summed E-state index contributed by atoms with van der Waals surface area (Å²) in [7, 11) is -2.99. The topological polar surface area (TPSA) is 72.5 Å². The number of benzene rings is 1. The third kappa shape index (κ3) is 3.75. The molecule has 116 valence electrons. The Hall–Kier alpha value is -1.56. The van der Waals surface area contributed by atoms with E-state index in [1.165, 1.54) is 0 Å². The zero-order valence-corrected chi connectivity index (χ0v) is 13.4. The van der Waals surface area contributed by atoms with Gasteiger partial charge in [0.1, 0.15) is 5.75 Å². The molecule has 0 bridgehead atoms. The maximum atomic E-state index is 12.3. The van der Waals surface area contributed by atoms with Crippen molar-refractivity contribution in [1.29, 1.82) is 0 Å². The van der Waals surface area contributed by atoms with Crippen LogP contribution in [0.1, 0.15) is 34.8 Å². The van der Waals surface area contributed by atoms with E-state index in [0.29, 0.717) is 18.6 Å². The molecule has 1 amide bonds. The van der Waals surface area contributed by atoms with Gasteiger partial charge >= 0.3 is 0 Å². The van der Waals surface area contributed by atoms with Crippen LogP contribution in [0, 0.1) is 13.8 Å². The van der Waals surface area contributed by atoms with Gasteiger partial charge in [-0.05, 0) is 50.5 Å². The smallest absolute Gasteiger partial charge is 0.251 e. The monoisotopic (exact) mass is 311 g/mol. The summed E-state index contributed by atoms with van der Waals surface area (Å²) >= 11 is 0. The summed E-state index contributed by atoms with van der Waals surface area (Å²) in [5.74, 6) is 0.739. The predicted octanol–water partition coefficient (Wildman–Crippen LogP) is 1.62. The van der Waals surface area contributed by atoms with Gasteiger partial charge in [-0.15, -0.1) is 0 Å². The second-order valence-electron chi connectivity index (χ2n) is 5.44. The van der Waals surface area contributed by atoms with Gasteiger partial charge in [0.05, 0.1) is 18.1 Å². The lowest BCUT2D eigenvalue weighted by molar-refractivity contribution is 0.0940. The van der Waals surface area contributed by atoms with E-state index in [9.17, 15) is 13.2 Å². The van der Waals surface area contributed by atoms with Crippen LogP contribution in [0.15, 0.2) is 12.1 Å². The molecule has 1 saturated heterocycles. The fraction of sp³-hybridized carbons (Fsp3) is 0.533. The fourth-order valence-electron chi connectivity index (χ4n) is 2.52. The van der Waals surface area contributed by atoms with E-state index < -0.39 is 9.84 Å². The molecule has 0 aliphatic carbocycles. The normalized spacial score (nSPS) is 20.2. The first-order valence-corrected chi connectivity index (χ1v) is 8.90. The number of aryl methyl sites for hydroxylation is 2. The van der Waals surface area contributed by atoms with Gasteiger partial charge in [-0.2, -0.15) is 0 Å². The lowest BCUT2D eigenvalue weighted by Crippen LogP contribution is -2.36. The fourth-order valence-corrected chi connectivity index (χ4v) is 4.19. The largest absolute Gasteiger partial charge is 0.494 e. The summed E-state index contributed by atoms with van der Waals surface area (Å²) in [5, 5.41) is 2.81. The molecule has 0 aromatic heterocycles. The highest BCUT2D eigenvalue weighted by Gasteiger charge is 2.29. The van der Waals surface area contributed by atoms with Crippen molar-refractivity contribution in [3.63, 3.8) is 0 Å². The second kappa shape index (κ2) is 6.05. The SMILES string of the molecule is CCOc1cc(C)c(C(=O)NC2CCS(=O)(=O)C2)cc1C. The summed E-state index contributed by atoms with van der Waals surface area (Å²) in [4.78, 5) is 12.3. The van der Waals surface area contributed by atoms with Crippen molar-refractivity contribution < 1.29 is 17.9 Å². The van der Waals surface area contributed by atoms with E-state index in [0.717, 1.165) is 16.9 Å². The highest BCUT2D eigenvalue weighted by molar-refractivity contribution is 7.91. The van der Waals surface area contributed by atoms with Crippen LogP contribution in [0.25, 0.3) is 0 Å². The minimum absolute atomic E-state index is 0.0355. The minimum Gasteiger partial charge on any atom is -0.494 e. The van der Waals surface area contributed by atoms with Gasteiger partial charge in [0, 0.05) is 11.6 Å². The van der Waals surface area contributed by atoms with Gasteiger partial charge in [0.15, 0.2) is 9.84 Å². The van der Waals surface area contributed by atoms with Gasteiger partial charge in [-0.3, -0.25) is 4.79 Å². The van der Waals surface area contributed by atoms with Crippen molar-refractivity contribution in [2.24, 2.45) is 0 Å². The maximum absolute atomic E-state index is 12.3. The first-order valence-electron chi connectivity index (χ1n) is 7.07. The van der Waals surface area contributed by atoms with Gasteiger partial charge in [0.2, 0.25) is 0 Å². The molecule has 6 heteroatoms. The number of carbonyl (C=O) groups is 1. The summed E-state index contributed by atoms with van der Waals surface area (Å²) in [6, 6.07) is 3.35. The Morgan fingerprint density at radius 1 is 1.33 bits per heavy atom. The van der Waals surface area contributed by atoms with Crippen LogP contribution in [-0.2, 0) is 9.84 Å². The third-order valence-electron chi connectivity index (χ3n) is 3.63. The predicted molar refractivity (Wildman–Crippen MR) is 81.6 cm³/mol. The molecule has 1 aromatic carbocycles. The van der Waals surface area contributed by atoms with E-state index >= 15 is 0 Å². The second-order valence-corrected chi connectivity index (χ2v) is 7.67. The van der Waals surface area contributed by atoms with E-state index in [-0.39, 0.29) is 23.5 Å². The Kier molecular flexibility index (Phi) is 4.56. The van der Waals surface area contributed by atoms with E-state index in [1.807, 2.05) is 26.8 Å². The quantitative estimate of drug-likeness (QED) is 0.917. The Balaban J connectivity index is 2.14. The van der Waals surface area contributed by atoms with Crippen molar-refractivity contribution in [3.8, 4) is 5.75 Å². The number of amides is 1. The van der Waals surface area contributed by atoms with Crippen LogP contribution in [-0.4, -0.2) is 38.5 Å². The highest BCUT2D eigenvalue weighted by atomic mass is 32.2. The summed E-state index contributed by atoms with van der Waals surface area (Å²) in [6.07, 6.45) is 0.489. The van der Waals surface area contributed by atoms with Crippen molar-refractivity contribution in [1.82, 2.24) is 5.32 Å². The first kappa shape index (κ1) is 15.8. The molecule has 1 fully saturated rings. The number of hydrogen-bond acceptors (Lipinski definition) is 4. The van der Waals surface area contributed by atoms with Crippen LogP contribution in [0.4, 0.5) is 0 Å². The van der Waals surface area contributed by atoms with Crippen LogP contribution in [0.5, 0.6) is 5.75 Å². The third-order valence-corrected chi connectivity index (χ3v) is 5.40. The van der Waals surface area contributed by atoms with Crippen LogP contribution >= 0.6 is 0 Å². The summed E-state index contributed by atoms with van der Waals surface area (Å²) < 4.78 is 28.4. The van der Waals surface area contributed by atoms with E-state index in [2.05, 4.69) is 5.32 Å². The molecule has 1 aromatic rings. The average Bonchev–Trinajstić information content (AvgIpc) is 2.73. The zero-order valence-electron chi connectivity index (χ0n) is 12.6. The molecule has 1 N–H and O–H groups in total. The lowest BCUT2D eigenvalue weighted by atomic mass is 10.0. The number of rotatable bonds is 4. The molecule has 1 unspecified atom stereocenters. The van der Waals surface area contributed by atoms with Crippen molar-refractivity contribution >= 4 is 15.7 Å². The molecule has 1 heterocycles. The molecule has 1 atom stereocenters. The van der Waals surface area contributed by atoms with Crippen molar-refractivity contribution in [3.05, 3.63) is 28.8 Å². The van der Waals surface area contributed by atoms with Gasteiger partial charge in [-0.1, -0.05) is 0 Å². The first-order chi connectivity index (χ1) is 9.82. The van der Waals surface area contributed by atoms with E-state index in [1.54, 1.807) is 6.07 Å². The minimum atomic E-state index is -2.99. The Morgan fingerprint density at radius 2 is 2.05 bits per heavy atom. The molecule has 0 saturated carbocycles. The average molecular weight is 311 g/mol. The lowest BCUT2D eigenvalue weighted by Gasteiger charge is -2.15. The Morgan fingerprint density at radius 3 is 2.62 bits per heavy atom. The molecular weight excluding hydrogens is 290 g/mol. The van der Waals surface area contributed by atoms with Crippen molar-refractivity contribution in [2.75, 3.05) is 18.1 Å². The Bertz CT molecular complexity index is 652. The van der Waals surface area contributed by atoms with Crippen LogP contribution in [0.3, 0.4) is 0 Å². The zero-order chi connectivity index (χ0) is 15.6. The number of sulfone groups is 1. The number of nitrogens with one attached hydrogen (secondary N) is 1. The maximum Gasteiger partial charge on any atom is 0.251 e. The summed E-state index contributed by atoms with van der Waals surface area (Å²) in [6.45, 7) is 6.23. The molecule has 1 aliphatic rings.